The number of hydrogen-bond acceptors (Lipinski definition) is 2. The molecule has 1 heterocycles. The first-order valence-electron chi connectivity index (χ1n) is 7.10. The number of piperidine rings is 1. The second-order valence-electron chi connectivity index (χ2n) is 5.93. The molecule has 3 heteroatoms. The third kappa shape index (κ3) is 2.22. The van der Waals surface area contributed by atoms with Gasteiger partial charge in [-0.25, -0.2) is 0 Å². The van der Waals surface area contributed by atoms with Crippen molar-refractivity contribution < 1.29 is 9.90 Å². The highest BCUT2D eigenvalue weighted by atomic mass is 16.4. The molecule has 1 saturated heterocycles. The molecule has 1 aliphatic heterocycles. The van der Waals surface area contributed by atoms with E-state index in [1.807, 2.05) is 0 Å². The molecule has 1 aliphatic carbocycles. The fourth-order valence-electron chi connectivity index (χ4n) is 3.98. The first-order chi connectivity index (χ1) is 8.08. The summed E-state index contributed by atoms with van der Waals surface area (Å²) in [5.74, 6) is -0.585. The molecule has 17 heavy (non-hydrogen) atoms. The molecule has 98 valence electrons. The summed E-state index contributed by atoms with van der Waals surface area (Å²) in [5.41, 5.74) is -0.558. The zero-order chi connectivity index (χ0) is 12.5. The monoisotopic (exact) mass is 239 g/mol. The zero-order valence-electron chi connectivity index (χ0n) is 11.1. The molecule has 2 atom stereocenters. The molecule has 0 bridgehead atoms. The molecular weight excluding hydrogens is 214 g/mol. The summed E-state index contributed by atoms with van der Waals surface area (Å²) in [6.45, 7) is 4.41. The smallest absolute Gasteiger partial charge is 0.324 e. The molecule has 2 unspecified atom stereocenters. The summed E-state index contributed by atoms with van der Waals surface area (Å²) in [5, 5.41) is 9.73. The molecule has 0 radical (unpaired) electrons. The summed E-state index contributed by atoms with van der Waals surface area (Å²) < 4.78 is 0. The van der Waals surface area contributed by atoms with Crippen LogP contribution in [0.3, 0.4) is 0 Å². The predicted octanol–water partition coefficient (Wildman–Crippen LogP) is 3.04. The fourth-order valence-corrected chi connectivity index (χ4v) is 3.98. The average Bonchev–Trinajstić information content (AvgIpc) is 2.29. The van der Waals surface area contributed by atoms with E-state index in [1.54, 1.807) is 0 Å². The quantitative estimate of drug-likeness (QED) is 0.805. The summed E-state index contributed by atoms with van der Waals surface area (Å²) in [7, 11) is 0. The van der Waals surface area contributed by atoms with Crippen molar-refractivity contribution in [2.45, 2.75) is 82.8 Å². The topological polar surface area (TPSA) is 40.5 Å². The van der Waals surface area contributed by atoms with Crippen LogP contribution >= 0.6 is 0 Å². The van der Waals surface area contributed by atoms with E-state index < -0.39 is 11.5 Å². The normalized spacial score (nSPS) is 34.5. The van der Waals surface area contributed by atoms with Gasteiger partial charge in [-0.05, 0) is 39.5 Å². The lowest BCUT2D eigenvalue weighted by Crippen LogP contribution is -2.63. The minimum absolute atomic E-state index is 0.424. The SMILES string of the molecule is CC1CCCC(C)N1C1(C(=O)O)CCCCC1. The van der Waals surface area contributed by atoms with Crippen LogP contribution in [-0.4, -0.2) is 33.6 Å². The van der Waals surface area contributed by atoms with Gasteiger partial charge in [-0.1, -0.05) is 25.7 Å². The summed E-state index contributed by atoms with van der Waals surface area (Å²) in [6.07, 6.45) is 8.58. The molecule has 2 rings (SSSR count). The molecule has 1 N–H and O–H groups in total. The Morgan fingerprint density at radius 1 is 1.06 bits per heavy atom. The van der Waals surface area contributed by atoms with Gasteiger partial charge in [-0.2, -0.15) is 0 Å². The number of carbonyl (C=O) groups is 1. The highest BCUT2D eigenvalue weighted by Gasteiger charge is 2.49. The first-order valence-corrected chi connectivity index (χ1v) is 7.10. The van der Waals surface area contributed by atoms with Crippen molar-refractivity contribution in [3.05, 3.63) is 0 Å². The van der Waals surface area contributed by atoms with Crippen molar-refractivity contribution >= 4 is 5.97 Å². The second-order valence-corrected chi connectivity index (χ2v) is 5.93. The van der Waals surface area contributed by atoms with E-state index in [-0.39, 0.29) is 0 Å². The Balaban J connectivity index is 2.27. The average molecular weight is 239 g/mol. The van der Waals surface area contributed by atoms with Gasteiger partial charge in [-0.15, -0.1) is 0 Å². The number of aliphatic carboxylic acids is 1. The molecule has 2 fully saturated rings. The summed E-state index contributed by atoms with van der Waals surface area (Å²) in [4.78, 5) is 14.2. The van der Waals surface area contributed by atoms with Crippen LogP contribution in [0.4, 0.5) is 0 Å². The van der Waals surface area contributed by atoms with Gasteiger partial charge in [0.25, 0.3) is 0 Å². The molecular formula is C14H25NO2. The van der Waals surface area contributed by atoms with Crippen molar-refractivity contribution in [2.75, 3.05) is 0 Å². The lowest BCUT2D eigenvalue weighted by molar-refractivity contribution is -0.160. The van der Waals surface area contributed by atoms with E-state index in [0.717, 1.165) is 38.5 Å². The Hall–Kier alpha value is -0.570. The van der Waals surface area contributed by atoms with Gasteiger partial charge in [-0.3, -0.25) is 9.69 Å². The van der Waals surface area contributed by atoms with Gasteiger partial charge in [0.05, 0.1) is 0 Å². The van der Waals surface area contributed by atoms with Crippen LogP contribution in [-0.2, 0) is 4.79 Å². The van der Waals surface area contributed by atoms with Crippen LogP contribution in [0.1, 0.15) is 65.2 Å². The first kappa shape index (κ1) is 12.9. The van der Waals surface area contributed by atoms with E-state index >= 15 is 0 Å². The van der Waals surface area contributed by atoms with E-state index in [2.05, 4.69) is 18.7 Å². The van der Waals surface area contributed by atoms with Gasteiger partial charge in [0, 0.05) is 12.1 Å². The van der Waals surface area contributed by atoms with Crippen LogP contribution in [0.2, 0.25) is 0 Å². The van der Waals surface area contributed by atoms with Gasteiger partial charge < -0.3 is 5.11 Å². The zero-order valence-corrected chi connectivity index (χ0v) is 11.1. The van der Waals surface area contributed by atoms with E-state index in [4.69, 9.17) is 0 Å². The van der Waals surface area contributed by atoms with Crippen LogP contribution in [0.5, 0.6) is 0 Å². The minimum atomic E-state index is -0.585. The maximum Gasteiger partial charge on any atom is 0.324 e. The predicted molar refractivity (Wildman–Crippen MR) is 68.1 cm³/mol. The highest BCUT2D eigenvalue weighted by molar-refractivity contribution is 5.79. The molecule has 0 spiro atoms. The fraction of sp³-hybridized carbons (Fsp3) is 0.929. The molecule has 0 aromatic heterocycles. The number of hydrogen-bond donors (Lipinski definition) is 1. The highest BCUT2D eigenvalue weighted by Crippen LogP contribution is 2.40. The molecule has 3 nitrogen and oxygen atoms in total. The van der Waals surface area contributed by atoms with Crippen LogP contribution < -0.4 is 0 Å². The maximum atomic E-state index is 11.8. The van der Waals surface area contributed by atoms with Crippen molar-refractivity contribution in [1.82, 2.24) is 4.90 Å². The summed E-state index contributed by atoms with van der Waals surface area (Å²) in [6, 6.07) is 0.848. The number of carboxylic acid groups (broad SMARTS) is 1. The molecule has 0 aromatic carbocycles. The van der Waals surface area contributed by atoms with Crippen molar-refractivity contribution in [3.8, 4) is 0 Å². The number of rotatable bonds is 2. The van der Waals surface area contributed by atoms with E-state index in [1.165, 1.54) is 12.8 Å². The third-order valence-electron chi connectivity index (χ3n) is 4.77. The molecule has 0 amide bonds. The van der Waals surface area contributed by atoms with E-state index in [9.17, 15) is 9.90 Å². The van der Waals surface area contributed by atoms with Crippen molar-refractivity contribution in [3.63, 3.8) is 0 Å². The Labute approximate surface area is 104 Å². The van der Waals surface area contributed by atoms with Crippen molar-refractivity contribution in [1.29, 1.82) is 0 Å². The Morgan fingerprint density at radius 2 is 1.59 bits per heavy atom. The van der Waals surface area contributed by atoms with Gasteiger partial charge >= 0.3 is 5.97 Å². The lowest BCUT2D eigenvalue weighted by atomic mass is 9.77. The van der Waals surface area contributed by atoms with Gasteiger partial charge in [0.1, 0.15) is 5.54 Å². The van der Waals surface area contributed by atoms with Gasteiger partial charge in [0.2, 0.25) is 0 Å². The third-order valence-corrected chi connectivity index (χ3v) is 4.77. The number of nitrogens with zero attached hydrogens (tertiary/aromatic N) is 1. The number of carboxylic acids is 1. The standard InChI is InChI=1S/C14H25NO2/c1-11-7-6-8-12(2)15(11)14(13(16)17)9-4-3-5-10-14/h11-12H,3-10H2,1-2H3,(H,16,17). The minimum Gasteiger partial charge on any atom is -0.480 e. The van der Waals surface area contributed by atoms with Gasteiger partial charge in [0.15, 0.2) is 0 Å². The van der Waals surface area contributed by atoms with Crippen LogP contribution in [0, 0.1) is 0 Å². The van der Waals surface area contributed by atoms with Crippen LogP contribution in [0.15, 0.2) is 0 Å². The summed E-state index contributed by atoms with van der Waals surface area (Å²) >= 11 is 0. The maximum absolute atomic E-state index is 11.8. The molecule has 0 aromatic rings. The van der Waals surface area contributed by atoms with Crippen molar-refractivity contribution in [2.24, 2.45) is 0 Å². The largest absolute Gasteiger partial charge is 0.480 e. The molecule has 2 aliphatic rings. The Morgan fingerprint density at radius 3 is 2.06 bits per heavy atom. The second kappa shape index (κ2) is 4.97. The molecule has 1 saturated carbocycles. The number of likely N-dealkylation sites (tertiary alicyclic amines) is 1. The van der Waals surface area contributed by atoms with E-state index in [0.29, 0.717) is 12.1 Å². The Bertz CT molecular complexity index is 274. The lowest BCUT2D eigenvalue weighted by Gasteiger charge is -2.51. The van der Waals surface area contributed by atoms with Crippen LogP contribution in [0.25, 0.3) is 0 Å². The Kier molecular flexibility index (Phi) is 3.76.